The van der Waals surface area contributed by atoms with Crippen LogP contribution in [0.3, 0.4) is 0 Å². The molecule has 0 spiro atoms. The lowest BCUT2D eigenvalue weighted by Gasteiger charge is -2.18. The molecule has 11 heteroatoms. The topological polar surface area (TPSA) is 113 Å². The zero-order valence-electron chi connectivity index (χ0n) is 23.2. The Morgan fingerprint density at radius 1 is 1.05 bits per heavy atom. The van der Waals surface area contributed by atoms with Crippen molar-refractivity contribution in [3.63, 3.8) is 0 Å². The van der Waals surface area contributed by atoms with Crippen LogP contribution in [0.5, 0.6) is 5.88 Å². The second-order valence-electron chi connectivity index (χ2n) is 10.3. The number of aryl methyl sites for hydroxylation is 2. The Bertz CT molecular complexity index is 2010. The zero-order chi connectivity index (χ0) is 29.0. The van der Waals surface area contributed by atoms with E-state index in [1.807, 2.05) is 56.5 Å². The van der Waals surface area contributed by atoms with Crippen molar-refractivity contribution < 1.29 is 9.13 Å². The molecule has 0 radical (unpaired) electrons. The fourth-order valence-corrected chi connectivity index (χ4v) is 6.03. The Hall–Kier alpha value is -4.64. The van der Waals surface area contributed by atoms with Gasteiger partial charge in [0.25, 0.3) is 11.4 Å². The molecule has 2 N–H and O–H groups in total. The van der Waals surface area contributed by atoms with Gasteiger partial charge in [-0.2, -0.15) is 5.10 Å². The van der Waals surface area contributed by atoms with E-state index in [9.17, 15) is 9.18 Å². The fraction of sp³-hybridized carbons (Fsp3) is 0.233. The fourth-order valence-electron chi connectivity index (χ4n) is 5.11. The number of benzene rings is 1. The van der Waals surface area contributed by atoms with Crippen LogP contribution in [0.2, 0.25) is 0 Å². The highest BCUT2D eigenvalue weighted by Gasteiger charge is 2.26. The number of halogens is 1. The first kappa shape index (κ1) is 26.6. The van der Waals surface area contributed by atoms with Crippen LogP contribution in [-0.2, 0) is 0 Å². The SMILES string of the molecule is Cc1cccc(-c2c([C@H](C)n3nc(-c4cnc(OC(C)C)c(F)c4)c4c(N)ncnc43)cc3scc(C)n3c2=O)c1. The van der Waals surface area contributed by atoms with Crippen LogP contribution < -0.4 is 16.0 Å². The van der Waals surface area contributed by atoms with Gasteiger partial charge in [0.15, 0.2) is 11.5 Å². The summed E-state index contributed by atoms with van der Waals surface area (Å²) in [6.07, 6.45) is 2.63. The van der Waals surface area contributed by atoms with Gasteiger partial charge < -0.3 is 10.5 Å². The summed E-state index contributed by atoms with van der Waals surface area (Å²) in [5.41, 5.74) is 11.5. The van der Waals surface area contributed by atoms with Gasteiger partial charge in [-0.1, -0.05) is 29.8 Å². The summed E-state index contributed by atoms with van der Waals surface area (Å²) in [5.74, 6) is -0.502. The summed E-state index contributed by atoms with van der Waals surface area (Å²) in [5, 5.41) is 7.32. The van der Waals surface area contributed by atoms with Crippen molar-refractivity contribution in [2.45, 2.75) is 46.8 Å². The first-order valence-corrected chi connectivity index (χ1v) is 14.0. The maximum atomic E-state index is 15.0. The van der Waals surface area contributed by atoms with E-state index in [4.69, 9.17) is 15.6 Å². The molecule has 1 aromatic carbocycles. The van der Waals surface area contributed by atoms with Crippen molar-refractivity contribution in [1.82, 2.24) is 29.1 Å². The maximum Gasteiger partial charge on any atom is 0.264 e. The monoisotopic (exact) mass is 569 g/mol. The molecule has 0 saturated heterocycles. The lowest BCUT2D eigenvalue weighted by Crippen LogP contribution is -2.21. The predicted molar refractivity (Wildman–Crippen MR) is 159 cm³/mol. The van der Waals surface area contributed by atoms with Gasteiger partial charge in [-0.05, 0) is 57.9 Å². The number of ether oxygens (including phenoxy) is 1. The third-order valence-corrected chi connectivity index (χ3v) is 7.98. The summed E-state index contributed by atoms with van der Waals surface area (Å²) in [6, 6.07) is 10.8. The van der Waals surface area contributed by atoms with Gasteiger partial charge in [-0.3, -0.25) is 9.20 Å². The van der Waals surface area contributed by atoms with E-state index in [-0.39, 0.29) is 23.4 Å². The van der Waals surface area contributed by atoms with Crippen molar-refractivity contribution in [3.05, 3.63) is 87.3 Å². The van der Waals surface area contributed by atoms with E-state index < -0.39 is 11.9 Å². The van der Waals surface area contributed by atoms with Crippen LogP contribution in [0.1, 0.15) is 43.6 Å². The van der Waals surface area contributed by atoms with E-state index in [1.165, 1.54) is 29.9 Å². The Morgan fingerprint density at radius 3 is 2.59 bits per heavy atom. The number of thiazole rings is 1. The molecule has 208 valence electrons. The molecule has 0 aliphatic heterocycles. The minimum absolute atomic E-state index is 0.0899. The van der Waals surface area contributed by atoms with Crippen LogP contribution in [0.25, 0.3) is 38.2 Å². The number of pyridine rings is 2. The Labute approximate surface area is 239 Å². The highest BCUT2D eigenvalue weighted by molar-refractivity contribution is 7.15. The number of anilines is 1. The quantitative estimate of drug-likeness (QED) is 0.263. The number of nitrogens with zero attached hydrogens (tertiary/aromatic N) is 6. The van der Waals surface area contributed by atoms with E-state index in [1.54, 1.807) is 22.9 Å². The Kier molecular flexibility index (Phi) is 6.53. The third-order valence-electron chi connectivity index (χ3n) is 6.98. The van der Waals surface area contributed by atoms with E-state index >= 15 is 0 Å². The molecule has 0 bridgehead atoms. The minimum atomic E-state index is -0.615. The highest BCUT2D eigenvalue weighted by atomic mass is 32.1. The van der Waals surface area contributed by atoms with E-state index in [2.05, 4.69) is 15.0 Å². The highest BCUT2D eigenvalue weighted by Crippen LogP contribution is 2.36. The number of hydrogen-bond acceptors (Lipinski definition) is 8. The summed E-state index contributed by atoms with van der Waals surface area (Å²) in [7, 11) is 0. The third kappa shape index (κ3) is 4.51. The largest absolute Gasteiger partial charge is 0.473 e. The van der Waals surface area contributed by atoms with Gasteiger partial charge in [0.2, 0.25) is 0 Å². The normalized spacial score (nSPS) is 12.5. The van der Waals surface area contributed by atoms with Crippen LogP contribution in [0.15, 0.2) is 59.1 Å². The van der Waals surface area contributed by atoms with E-state index in [0.717, 1.165) is 27.2 Å². The van der Waals surface area contributed by atoms with Gasteiger partial charge in [0, 0.05) is 22.8 Å². The maximum absolute atomic E-state index is 15.0. The van der Waals surface area contributed by atoms with Gasteiger partial charge in [0.05, 0.1) is 23.1 Å². The summed E-state index contributed by atoms with van der Waals surface area (Å²) in [4.78, 5) is 27.7. The Balaban J connectivity index is 1.59. The molecule has 1 atom stereocenters. The van der Waals surface area contributed by atoms with Crippen molar-refractivity contribution in [3.8, 4) is 28.3 Å². The lowest BCUT2D eigenvalue weighted by molar-refractivity contribution is 0.221. The second-order valence-corrected chi connectivity index (χ2v) is 11.2. The molecule has 5 heterocycles. The number of rotatable bonds is 6. The molecular formula is C30H28FN7O2S. The zero-order valence-corrected chi connectivity index (χ0v) is 24.0. The van der Waals surface area contributed by atoms with Gasteiger partial charge in [-0.15, -0.1) is 11.3 Å². The lowest BCUT2D eigenvalue weighted by atomic mass is 9.96. The first-order chi connectivity index (χ1) is 19.6. The molecule has 41 heavy (non-hydrogen) atoms. The molecule has 6 aromatic rings. The molecule has 9 nitrogen and oxygen atoms in total. The number of nitrogen functional groups attached to an aromatic ring is 1. The van der Waals surface area contributed by atoms with Crippen molar-refractivity contribution in [2.24, 2.45) is 0 Å². The first-order valence-electron chi connectivity index (χ1n) is 13.2. The number of aromatic nitrogens is 6. The molecule has 6 rings (SSSR count). The van der Waals surface area contributed by atoms with Crippen molar-refractivity contribution >= 4 is 33.0 Å². The standard InChI is InChI=1S/C30H28FN7O2S/c1-15(2)40-29-22(31)10-20(12-33-29)26-25-27(32)34-14-35-28(25)38(36-26)18(5)21-11-23-37(17(4)13-41-23)30(39)24(21)19-8-6-7-16(3)9-19/h6-15,18H,1-5H3,(H2,32,34,35)/t18-/m0/s1. The predicted octanol–water partition coefficient (Wildman–Crippen LogP) is 5.96. The van der Waals surface area contributed by atoms with Gasteiger partial charge >= 0.3 is 0 Å². The average Bonchev–Trinajstić information content (AvgIpc) is 3.51. The average molecular weight is 570 g/mol. The molecule has 0 aliphatic carbocycles. The van der Waals surface area contributed by atoms with Gasteiger partial charge in [-0.25, -0.2) is 24.0 Å². The van der Waals surface area contributed by atoms with Crippen LogP contribution in [0.4, 0.5) is 10.2 Å². The minimum Gasteiger partial charge on any atom is -0.473 e. The van der Waals surface area contributed by atoms with Crippen molar-refractivity contribution in [2.75, 3.05) is 5.73 Å². The van der Waals surface area contributed by atoms with Crippen LogP contribution in [0, 0.1) is 19.7 Å². The summed E-state index contributed by atoms with van der Waals surface area (Å²) >= 11 is 1.50. The Morgan fingerprint density at radius 2 is 1.85 bits per heavy atom. The number of fused-ring (bicyclic) bond motifs is 2. The van der Waals surface area contributed by atoms with Crippen molar-refractivity contribution in [1.29, 1.82) is 0 Å². The molecule has 5 aromatic heterocycles. The molecular weight excluding hydrogens is 541 g/mol. The number of nitrogens with two attached hydrogens (primary N) is 1. The van der Waals surface area contributed by atoms with Crippen LogP contribution in [-0.4, -0.2) is 35.2 Å². The smallest absolute Gasteiger partial charge is 0.264 e. The molecule has 0 unspecified atom stereocenters. The summed E-state index contributed by atoms with van der Waals surface area (Å²) < 4.78 is 23.9. The van der Waals surface area contributed by atoms with E-state index in [0.29, 0.717) is 27.9 Å². The number of hydrogen-bond donors (Lipinski definition) is 1. The second kappa shape index (κ2) is 10.1. The molecule has 0 fully saturated rings. The van der Waals surface area contributed by atoms with Crippen LogP contribution >= 0.6 is 11.3 Å². The molecule has 0 aliphatic rings. The molecule has 0 amide bonds. The summed E-state index contributed by atoms with van der Waals surface area (Å²) in [6.45, 7) is 9.48. The van der Waals surface area contributed by atoms with Gasteiger partial charge in [0.1, 0.15) is 22.7 Å². The molecule has 0 saturated carbocycles.